The molecule has 0 saturated carbocycles. The van der Waals surface area contributed by atoms with E-state index in [-0.39, 0.29) is 16.5 Å². The zero-order chi connectivity index (χ0) is 13.8. The Hall–Kier alpha value is -2.28. The molecule has 1 heterocycles. The summed E-state index contributed by atoms with van der Waals surface area (Å²) in [6.07, 6.45) is 1.24. The summed E-state index contributed by atoms with van der Waals surface area (Å²) >= 11 is 0. The van der Waals surface area contributed by atoms with E-state index in [1.54, 1.807) is 18.2 Å². The summed E-state index contributed by atoms with van der Waals surface area (Å²) in [7, 11) is -1.63. The first-order chi connectivity index (χ1) is 9.09. The standard InChI is InChI=1S/C12H10N2O4S/c15-13-8-4-3-7-12(13)19(18)9-10-5-1-2-6-11(10)14(16)17/h1-8H,9H2. The normalized spacial score (nSPS) is 12.0. The van der Waals surface area contributed by atoms with Gasteiger partial charge in [-0.15, -0.1) is 0 Å². The van der Waals surface area contributed by atoms with Gasteiger partial charge in [0.1, 0.15) is 10.8 Å². The van der Waals surface area contributed by atoms with Crippen molar-refractivity contribution in [2.75, 3.05) is 0 Å². The van der Waals surface area contributed by atoms with Gasteiger partial charge in [-0.1, -0.05) is 18.2 Å². The second-order valence-corrected chi connectivity index (χ2v) is 5.14. The van der Waals surface area contributed by atoms with Gasteiger partial charge in [0.15, 0.2) is 6.20 Å². The Bertz CT molecular complexity index is 645. The van der Waals surface area contributed by atoms with Crippen molar-refractivity contribution in [3.8, 4) is 0 Å². The fourth-order valence-corrected chi connectivity index (χ4v) is 2.78. The third-order valence-corrected chi connectivity index (χ3v) is 3.85. The van der Waals surface area contributed by atoms with E-state index in [1.165, 1.54) is 30.5 Å². The van der Waals surface area contributed by atoms with Gasteiger partial charge in [-0.25, -0.2) is 4.21 Å². The first kappa shape index (κ1) is 13.2. The number of nitro groups is 1. The first-order valence-electron chi connectivity index (χ1n) is 5.38. The first-order valence-corrected chi connectivity index (χ1v) is 6.70. The lowest BCUT2D eigenvalue weighted by molar-refractivity contribution is -0.646. The lowest BCUT2D eigenvalue weighted by Gasteiger charge is -2.04. The zero-order valence-electron chi connectivity index (χ0n) is 9.76. The molecule has 0 spiro atoms. The molecule has 1 aromatic heterocycles. The van der Waals surface area contributed by atoms with E-state index in [9.17, 15) is 19.5 Å². The quantitative estimate of drug-likeness (QED) is 0.367. The van der Waals surface area contributed by atoms with Crippen molar-refractivity contribution in [2.24, 2.45) is 0 Å². The number of benzene rings is 1. The molecule has 0 fully saturated rings. The van der Waals surface area contributed by atoms with Crippen molar-refractivity contribution >= 4 is 16.5 Å². The summed E-state index contributed by atoms with van der Waals surface area (Å²) in [5.74, 6) is -0.0661. The molecule has 19 heavy (non-hydrogen) atoms. The van der Waals surface area contributed by atoms with Crippen LogP contribution >= 0.6 is 0 Å². The van der Waals surface area contributed by atoms with Crippen LogP contribution in [0.2, 0.25) is 0 Å². The average Bonchev–Trinajstić information content (AvgIpc) is 2.39. The lowest BCUT2D eigenvalue weighted by atomic mass is 10.2. The van der Waals surface area contributed by atoms with E-state index in [1.807, 2.05) is 0 Å². The lowest BCUT2D eigenvalue weighted by Crippen LogP contribution is -2.31. The summed E-state index contributed by atoms with van der Waals surface area (Å²) in [5.41, 5.74) is 0.249. The van der Waals surface area contributed by atoms with Crippen LogP contribution in [0.5, 0.6) is 0 Å². The van der Waals surface area contributed by atoms with Crippen molar-refractivity contribution in [2.45, 2.75) is 10.8 Å². The Kier molecular flexibility index (Phi) is 3.86. The Balaban J connectivity index is 2.30. The molecular formula is C12H10N2O4S. The topological polar surface area (TPSA) is 87.2 Å². The maximum absolute atomic E-state index is 12.1. The minimum Gasteiger partial charge on any atom is -0.618 e. The Morgan fingerprint density at radius 1 is 1.16 bits per heavy atom. The maximum Gasteiger partial charge on any atom is 0.281 e. The molecule has 0 aliphatic carbocycles. The van der Waals surface area contributed by atoms with Gasteiger partial charge in [-0.2, -0.15) is 4.73 Å². The van der Waals surface area contributed by atoms with Crippen LogP contribution in [0.25, 0.3) is 0 Å². The summed E-state index contributed by atoms with van der Waals surface area (Å²) < 4.78 is 12.6. The molecule has 6 nitrogen and oxygen atoms in total. The van der Waals surface area contributed by atoms with Gasteiger partial charge in [-0.05, 0) is 6.07 Å². The molecule has 0 aliphatic heterocycles. The number of aromatic nitrogens is 1. The second-order valence-electron chi connectivity index (χ2n) is 3.74. The molecule has 0 radical (unpaired) electrons. The molecule has 0 amide bonds. The zero-order valence-corrected chi connectivity index (χ0v) is 10.6. The number of hydrogen-bond donors (Lipinski definition) is 0. The third kappa shape index (κ3) is 2.94. The Morgan fingerprint density at radius 2 is 1.84 bits per heavy atom. The van der Waals surface area contributed by atoms with Gasteiger partial charge in [0.25, 0.3) is 10.7 Å². The van der Waals surface area contributed by atoms with Crippen LogP contribution in [0.4, 0.5) is 5.69 Å². The fourth-order valence-electron chi connectivity index (χ4n) is 1.62. The highest BCUT2D eigenvalue weighted by Gasteiger charge is 2.19. The van der Waals surface area contributed by atoms with Gasteiger partial charge in [0, 0.05) is 23.8 Å². The summed E-state index contributed by atoms with van der Waals surface area (Å²) in [4.78, 5) is 10.3. The number of nitrogens with zero attached hydrogens (tertiary/aromatic N) is 2. The minimum atomic E-state index is -1.63. The number of rotatable bonds is 4. The average molecular weight is 278 g/mol. The monoisotopic (exact) mass is 278 g/mol. The third-order valence-electron chi connectivity index (χ3n) is 2.50. The van der Waals surface area contributed by atoms with E-state index in [2.05, 4.69) is 0 Å². The largest absolute Gasteiger partial charge is 0.618 e. The van der Waals surface area contributed by atoms with E-state index in [4.69, 9.17) is 0 Å². The Morgan fingerprint density at radius 3 is 2.53 bits per heavy atom. The molecular weight excluding hydrogens is 268 g/mol. The van der Waals surface area contributed by atoms with Crippen LogP contribution in [0.1, 0.15) is 5.56 Å². The number of para-hydroxylation sites is 1. The highest BCUT2D eigenvalue weighted by atomic mass is 32.2. The van der Waals surface area contributed by atoms with Gasteiger partial charge in [0.2, 0.25) is 0 Å². The molecule has 1 atom stereocenters. The van der Waals surface area contributed by atoms with Crippen molar-refractivity contribution in [1.82, 2.24) is 0 Å². The number of pyridine rings is 1. The molecule has 98 valence electrons. The van der Waals surface area contributed by atoms with Crippen molar-refractivity contribution in [3.05, 3.63) is 69.5 Å². The minimum absolute atomic E-state index is 0.0661. The van der Waals surface area contributed by atoms with Crippen molar-refractivity contribution in [3.63, 3.8) is 0 Å². The Labute approximate surface area is 111 Å². The molecule has 1 aromatic carbocycles. The van der Waals surface area contributed by atoms with Crippen LogP contribution < -0.4 is 4.73 Å². The molecule has 2 aromatic rings. The van der Waals surface area contributed by atoms with Crippen LogP contribution in [-0.4, -0.2) is 9.13 Å². The molecule has 0 bridgehead atoms. The van der Waals surface area contributed by atoms with Gasteiger partial charge in [0.05, 0.1) is 10.7 Å². The molecule has 0 N–H and O–H groups in total. The number of hydrogen-bond acceptors (Lipinski definition) is 4. The molecule has 1 unspecified atom stereocenters. The van der Waals surface area contributed by atoms with E-state index in [0.717, 1.165) is 0 Å². The van der Waals surface area contributed by atoms with Crippen molar-refractivity contribution < 1.29 is 13.9 Å². The van der Waals surface area contributed by atoms with E-state index in [0.29, 0.717) is 10.3 Å². The highest BCUT2D eigenvalue weighted by molar-refractivity contribution is 7.84. The van der Waals surface area contributed by atoms with E-state index >= 15 is 0 Å². The number of nitro benzene ring substituents is 1. The van der Waals surface area contributed by atoms with Crippen LogP contribution in [0, 0.1) is 15.3 Å². The summed E-state index contributed by atoms with van der Waals surface area (Å²) in [5, 5.41) is 22.4. The summed E-state index contributed by atoms with van der Waals surface area (Å²) in [6, 6.07) is 10.6. The highest BCUT2D eigenvalue weighted by Crippen LogP contribution is 2.20. The van der Waals surface area contributed by atoms with Crippen LogP contribution in [-0.2, 0) is 16.6 Å². The molecule has 0 saturated heterocycles. The predicted octanol–water partition coefficient (Wildman–Crippen LogP) is 1.54. The van der Waals surface area contributed by atoms with Crippen LogP contribution in [0.15, 0.2) is 53.7 Å². The van der Waals surface area contributed by atoms with Gasteiger partial charge < -0.3 is 5.21 Å². The molecule has 0 aliphatic rings. The van der Waals surface area contributed by atoms with Crippen LogP contribution in [0.3, 0.4) is 0 Å². The molecule has 2 rings (SSSR count). The smallest absolute Gasteiger partial charge is 0.281 e. The maximum atomic E-state index is 12.1. The predicted molar refractivity (Wildman–Crippen MR) is 68.6 cm³/mol. The second kappa shape index (κ2) is 5.57. The van der Waals surface area contributed by atoms with Gasteiger partial charge >= 0.3 is 0 Å². The molecule has 7 heteroatoms. The van der Waals surface area contributed by atoms with E-state index < -0.39 is 15.7 Å². The summed E-state index contributed by atoms with van der Waals surface area (Å²) in [6.45, 7) is 0. The van der Waals surface area contributed by atoms with Gasteiger partial charge in [-0.3, -0.25) is 10.1 Å². The fraction of sp³-hybridized carbons (Fsp3) is 0.0833. The van der Waals surface area contributed by atoms with Crippen molar-refractivity contribution in [1.29, 1.82) is 0 Å². The SMILES string of the molecule is O=[N+]([O-])c1ccccc1CS(=O)c1cccc[n+]1[O-].